The van der Waals surface area contributed by atoms with E-state index < -0.39 is 24.6 Å². The number of hydrogen-bond acceptors (Lipinski definition) is 3. The van der Waals surface area contributed by atoms with Gasteiger partial charge in [0, 0.05) is 11.3 Å². The number of carbonyl (C=O) groups is 2. The molecule has 1 atom stereocenters. The quantitative estimate of drug-likeness (QED) is 0.870. The number of aryl methyl sites for hydroxylation is 1. The predicted molar refractivity (Wildman–Crippen MR) is 89.8 cm³/mol. The van der Waals surface area contributed by atoms with Gasteiger partial charge in [-0.15, -0.1) is 0 Å². The highest BCUT2D eigenvalue weighted by Crippen LogP contribution is 2.27. The van der Waals surface area contributed by atoms with Crippen LogP contribution in [0.25, 0.3) is 5.69 Å². The Bertz CT molecular complexity index is 799. The van der Waals surface area contributed by atoms with Crippen molar-refractivity contribution in [1.82, 2.24) is 15.1 Å². The van der Waals surface area contributed by atoms with E-state index in [9.17, 15) is 14.0 Å². The molecular weight excluding hydrogens is 325 g/mol. The van der Waals surface area contributed by atoms with E-state index in [2.05, 4.69) is 10.4 Å². The molecule has 132 valence electrons. The number of benzene rings is 1. The minimum atomic E-state index is -1.56. The topological polar surface area (TPSA) is 84.2 Å². The van der Waals surface area contributed by atoms with Gasteiger partial charge in [0.2, 0.25) is 0 Å². The lowest BCUT2D eigenvalue weighted by molar-refractivity contribution is -0.139. The molecule has 1 aliphatic carbocycles. The fourth-order valence-electron chi connectivity index (χ4n) is 3.07. The molecule has 7 heteroatoms. The summed E-state index contributed by atoms with van der Waals surface area (Å²) in [5.41, 5.74) is 3.95. The molecule has 0 radical (unpaired) electrons. The van der Waals surface area contributed by atoms with Crippen molar-refractivity contribution in [1.29, 1.82) is 0 Å². The number of carboxylic acids is 1. The Kier molecular flexibility index (Phi) is 4.83. The van der Waals surface area contributed by atoms with E-state index in [0.717, 1.165) is 41.8 Å². The molecule has 0 spiro atoms. The van der Waals surface area contributed by atoms with Crippen LogP contribution in [-0.4, -0.2) is 39.5 Å². The number of hydrogen-bond donors (Lipinski definition) is 2. The van der Waals surface area contributed by atoms with E-state index in [1.165, 1.54) is 0 Å². The zero-order valence-electron chi connectivity index (χ0n) is 14.0. The first kappa shape index (κ1) is 17.1. The molecule has 1 amide bonds. The number of aromatic nitrogens is 2. The minimum absolute atomic E-state index is 0.190. The summed E-state index contributed by atoms with van der Waals surface area (Å²) in [5.74, 6) is -2.04. The predicted octanol–water partition coefficient (Wildman–Crippen LogP) is 2.21. The molecule has 2 aromatic rings. The fourth-order valence-corrected chi connectivity index (χ4v) is 3.07. The van der Waals surface area contributed by atoms with Crippen LogP contribution in [0, 0.1) is 6.92 Å². The number of nitrogens with one attached hydrogen (secondary N) is 1. The van der Waals surface area contributed by atoms with Crippen molar-refractivity contribution in [3.63, 3.8) is 0 Å². The number of rotatable bonds is 5. The van der Waals surface area contributed by atoms with Crippen LogP contribution >= 0.6 is 0 Å². The van der Waals surface area contributed by atoms with Crippen molar-refractivity contribution < 1.29 is 19.1 Å². The second kappa shape index (κ2) is 7.04. The normalized spacial score (nSPS) is 14.6. The summed E-state index contributed by atoms with van der Waals surface area (Å²) in [4.78, 5) is 23.4. The van der Waals surface area contributed by atoms with E-state index in [1.807, 2.05) is 31.2 Å². The third-order valence-corrected chi connectivity index (χ3v) is 4.43. The number of alkyl halides is 1. The van der Waals surface area contributed by atoms with Crippen molar-refractivity contribution in [3.05, 3.63) is 46.8 Å². The number of amides is 1. The van der Waals surface area contributed by atoms with E-state index in [4.69, 9.17) is 5.11 Å². The third kappa shape index (κ3) is 3.40. The minimum Gasteiger partial charge on any atom is -0.480 e. The lowest BCUT2D eigenvalue weighted by Crippen LogP contribution is -2.42. The molecule has 0 bridgehead atoms. The molecule has 1 aliphatic rings. The van der Waals surface area contributed by atoms with Gasteiger partial charge in [0.05, 0.1) is 5.69 Å². The second-order valence-electron chi connectivity index (χ2n) is 6.25. The summed E-state index contributed by atoms with van der Waals surface area (Å²) in [6.07, 6.45) is 3.46. The van der Waals surface area contributed by atoms with Gasteiger partial charge in [0.25, 0.3) is 5.91 Å². The Hall–Kier alpha value is -2.70. The smallest absolute Gasteiger partial charge is 0.328 e. The summed E-state index contributed by atoms with van der Waals surface area (Å²) in [5, 5.41) is 15.6. The third-order valence-electron chi connectivity index (χ3n) is 4.43. The Balaban J connectivity index is 1.98. The average Bonchev–Trinajstić information content (AvgIpc) is 3.00. The standard InChI is InChI=1S/C18H20FN3O3/c1-11-6-8-12(9-7-11)22-15-5-3-2-4-13(15)16(21-22)17(23)20-14(10-19)18(24)25/h6-9,14H,2-5,10H2,1H3,(H,20,23)(H,24,25). The van der Waals surface area contributed by atoms with Crippen LogP contribution in [0.1, 0.15) is 40.2 Å². The van der Waals surface area contributed by atoms with Gasteiger partial charge in [0.15, 0.2) is 11.7 Å². The number of aliphatic carboxylic acids is 1. The van der Waals surface area contributed by atoms with Crippen LogP contribution in [0.2, 0.25) is 0 Å². The van der Waals surface area contributed by atoms with Crippen molar-refractivity contribution >= 4 is 11.9 Å². The Labute approximate surface area is 144 Å². The molecular formula is C18H20FN3O3. The van der Waals surface area contributed by atoms with Gasteiger partial charge in [-0.2, -0.15) is 5.10 Å². The first-order valence-electron chi connectivity index (χ1n) is 8.28. The molecule has 0 aliphatic heterocycles. The van der Waals surface area contributed by atoms with Gasteiger partial charge >= 0.3 is 5.97 Å². The number of halogens is 1. The Morgan fingerprint density at radius 3 is 2.60 bits per heavy atom. The van der Waals surface area contributed by atoms with Gasteiger partial charge in [-0.25, -0.2) is 13.9 Å². The Morgan fingerprint density at radius 2 is 1.96 bits per heavy atom. The molecule has 1 aromatic carbocycles. The van der Waals surface area contributed by atoms with Crippen LogP contribution in [0.15, 0.2) is 24.3 Å². The van der Waals surface area contributed by atoms with Crippen molar-refractivity contribution in [2.24, 2.45) is 0 Å². The van der Waals surface area contributed by atoms with Crippen molar-refractivity contribution in [2.45, 2.75) is 38.6 Å². The number of nitrogens with zero attached hydrogens (tertiary/aromatic N) is 2. The van der Waals surface area contributed by atoms with Gasteiger partial charge in [-0.3, -0.25) is 4.79 Å². The highest BCUT2D eigenvalue weighted by molar-refractivity contribution is 5.96. The monoisotopic (exact) mass is 345 g/mol. The van der Waals surface area contributed by atoms with Gasteiger partial charge in [0.1, 0.15) is 6.67 Å². The molecule has 2 N–H and O–H groups in total. The van der Waals surface area contributed by atoms with Crippen LogP contribution in [0.3, 0.4) is 0 Å². The number of carboxylic acid groups (broad SMARTS) is 1. The molecule has 0 fully saturated rings. The van der Waals surface area contributed by atoms with Crippen LogP contribution < -0.4 is 5.32 Å². The molecule has 1 aromatic heterocycles. The zero-order valence-corrected chi connectivity index (χ0v) is 14.0. The molecule has 1 heterocycles. The molecule has 0 saturated heterocycles. The van der Waals surface area contributed by atoms with Crippen molar-refractivity contribution in [3.8, 4) is 5.69 Å². The highest BCUT2D eigenvalue weighted by Gasteiger charge is 2.28. The lowest BCUT2D eigenvalue weighted by atomic mass is 9.95. The molecule has 0 saturated carbocycles. The van der Waals surface area contributed by atoms with Gasteiger partial charge in [-0.05, 0) is 44.7 Å². The first-order valence-corrected chi connectivity index (χ1v) is 8.28. The van der Waals surface area contributed by atoms with Crippen LogP contribution in [-0.2, 0) is 17.6 Å². The summed E-state index contributed by atoms with van der Waals surface area (Å²) in [6, 6.07) is 6.24. The first-order chi connectivity index (χ1) is 12.0. The number of fused-ring (bicyclic) bond motifs is 1. The number of carbonyl (C=O) groups excluding carboxylic acids is 1. The van der Waals surface area contributed by atoms with Crippen LogP contribution in [0.4, 0.5) is 4.39 Å². The largest absolute Gasteiger partial charge is 0.480 e. The fraction of sp³-hybridized carbons (Fsp3) is 0.389. The van der Waals surface area contributed by atoms with Crippen molar-refractivity contribution in [2.75, 3.05) is 6.67 Å². The van der Waals surface area contributed by atoms with E-state index in [-0.39, 0.29) is 5.69 Å². The SMILES string of the molecule is Cc1ccc(-n2nc(C(=O)NC(CF)C(=O)O)c3c2CCCC3)cc1. The maximum Gasteiger partial charge on any atom is 0.328 e. The van der Waals surface area contributed by atoms with Crippen LogP contribution in [0.5, 0.6) is 0 Å². The highest BCUT2D eigenvalue weighted by atomic mass is 19.1. The second-order valence-corrected chi connectivity index (χ2v) is 6.25. The summed E-state index contributed by atoms with van der Waals surface area (Å²) >= 11 is 0. The van der Waals surface area contributed by atoms with E-state index >= 15 is 0 Å². The average molecular weight is 345 g/mol. The van der Waals surface area contributed by atoms with E-state index in [1.54, 1.807) is 4.68 Å². The van der Waals surface area contributed by atoms with Gasteiger partial charge < -0.3 is 10.4 Å². The lowest BCUT2D eigenvalue weighted by Gasteiger charge is -2.14. The molecule has 6 nitrogen and oxygen atoms in total. The molecule has 1 unspecified atom stereocenters. The summed E-state index contributed by atoms with van der Waals surface area (Å²) in [7, 11) is 0. The summed E-state index contributed by atoms with van der Waals surface area (Å²) < 4.78 is 14.6. The molecule has 25 heavy (non-hydrogen) atoms. The zero-order chi connectivity index (χ0) is 18.0. The Morgan fingerprint density at radius 1 is 1.28 bits per heavy atom. The maximum atomic E-state index is 12.8. The van der Waals surface area contributed by atoms with E-state index in [0.29, 0.717) is 6.42 Å². The summed E-state index contributed by atoms with van der Waals surface area (Å²) in [6.45, 7) is 0.826. The van der Waals surface area contributed by atoms with Gasteiger partial charge in [-0.1, -0.05) is 17.7 Å². The maximum absolute atomic E-state index is 12.8. The molecule has 3 rings (SSSR count).